The van der Waals surface area contributed by atoms with E-state index in [1.807, 2.05) is 24.3 Å². The van der Waals surface area contributed by atoms with Gasteiger partial charge in [0, 0.05) is 17.9 Å². The molecule has 0 atom stereocenters. The van der Waals surface area contributed by atoms with Crippen LogP contribution in [-0.4, -0.2) is 11.8 Å². The summed E-state index contributed by atoms with van der Waals surface area (Å²) in [6.45, 7) is 5.01. The Morgan fingerprint density at radius 2 is 1.50 bits per heavy atom. The molecule has 5 heteroatoms. The zero-order valence-corrected chi connectivity index (χ0v) is 16.6. The van der Waals surface area contributed by atoms with Crippen molar-refractivity contribution in [2.45, 2.75) is 52.0 Å². The predicted molar refractivity (Wildman–Crippen MR) is 112 cm³/mol. The third-order valence-corrected chi connectivity index (χ3v) is 5.64. The fraction of sp³-hybridized carbons (Fsp3) is 0.391. The third-order valence-electron chi connectivity index (χ3n) is 5.64. The zero-order valence-electron chi connectivity index (χ0n) is 16.6. The van der Waals surface area contributed by atoms with E-state index in [0.29, 0.717) is 11.3 Å². The molecule has 0 bridgehead atoms. The number of hydrogen-bond donors (Lipinski definition) is 3. The Balaban J connectivity index is 1.54. The van der Waals surface area contributed by atoms with Crippen LogP contribution < -0.4 is 16.4 Å². The molecule has 4 N–H and O–H groups in total. The first-order valence-electron chi connectivity index (χ1n) is 9.86. The molecule has 1 saturated carbocycles. The van der Waals surface area contributed by atoms with E-state index in [2.05, 4.69) is 48.7 Å². The number of carbonyl (C=O) groups is 2. The lowest BCUT2D eigenvalue weighted by Gasteiger charge is -2.34. The highest BCUT2D eigenvalue weighted by Gasteiger charge is 2.27. The maximum absolute atomic E-state index is 11.2. The number of carbonyl (C=O) groups excluding carboxylic acids is 2. The Labute approximate surface area is 166 Å². The molecule has 0 unspecified atom stereocenters. The van der Waals surface area contributed by atoms with E-state index < -0.39 is 11.8 Å². The van der Waals surface area contributed by atoms with E-state index in [-0.39, 0.29) is 6.54 Å². The Bertz CT molecular complexity index is 816. The molecule has 0 aliphatic heterocycles. The normalized spacial score (nSPS) is 16.4. The number of nitrogens with one attached hydrogen (secondary N) is 2. The molecule has 0 radical (unpaired) electrons. The highest BCUT2D eigenvalue weighted by molar-refractivity contribution is 6.34. The van der Waals surface area contributed by atoms with Crippen LogP contribution in [0.1, 0.15) is 56.6 Å². The summed E-state index contributed by atoms with van der Waals surface area (Å²) in [5.41, 5.74) is 9.76. The summed E-state index contributed by atoms with van der Waals surface area (Å²) in [5.74, 6) is -1.07. The molecular formula is C23H29N3O2. The topological polar surface area (TPSA) is 84.2 Å². The van der Waals surface area contributed by atoms with Gasteiger partial charge in [-0.1, -0.05) is 38.1 Å². The van der Waals surface area contributed by atoms with Gasteiger partial charge >= 0.3 is 11.8 Å². The van der Waals surface area contributed by atoms with Crippen LogP contribution in [0.2, 0.25) is 0 Å². The summed E-state index contributed by atoms with van der Waals surface area (Å²) < 4.78 is 0. The standard InChI is InChI=1S/C23H29N3O2/c1-23(2)13-11-18(12-14-23)17-5-9-20(10-6-17)26-19-7-3-16(4-8-19)15-25-22(28)21(24)27/h3-10,18,26H,11-15H2,1-2H3,(H2,24,27)(H,25,28). The van der Waals surface area contributed by atoms with Gasteiger partial charge in [-0.05, 0) is 72.4 Å². The summed E-state index contributed by atoms with van der Waals surface area (Å²) in [7, 11) is 0. The SMILES string of the molecule is CC1(C)CCC(c2ccc(Nc3ccc(CNC(=O)C(N)=O)cc3)cc2)CC1. The van der Waals surface area contributed by atoms with Gasteiger partial charge < -0.3 is 16.4 Å². The van der Waals surface area contributed by atoms with Gasteiger partial charge in [0.05, 0.1) is 0 Å². The minimum Gasteiger partial charge on any atom is -0.361 e. The third kappa shape index (κ3) is 5.35. The molecule has 1 aliphatic rings. The molecule has 2 aromatic carbocycles. The van der Waals surface area contributed by atoms with E-state index in [1.54, 1.807) is 0 Å². The van der Waals surface area contributed by atoms with Crippen molar-refractivity contribution in [3.8, 4) is 0 Å². The van der Waals surface area contributed by atoms with E-state index in [0.717, 1.165) is 16.9 Å². The number of nitrogens with two attached hydrogens (primary N) is 1. The van der Waals surface area contributed by atoms with Crippen molar-refractivity contribution in [3.05, 3.63) is 59.7 Å². The van der Waals surface area contributed by atoms with E-state index in [4.69, 9.17) is 5.73 Å². The number of amides is 2. The maximum atomic E-state index is 11.2. The molecule has 2 aromatic rings. The van der Waals surface area contributed by atoms with Crippen molar-refractivity contribution in [2.24, 2.45) is 11.1 Å². The fourth-order valence-electron chi connectivity index (χ4n) is 3.71. The van der Waals surface area contributed by atoms with E-state index in [1.165, 1.54) is 31.2 Å². The van der Waals surface area contributed by atoms with Crippen LogP contribution in [0.15, 0.2) is 48.5 Å². The number of hydrogen-bond acceptors (Lipinski definition) is 3. The number of rotatable bonds is 5. The predicted octanol–water partition coefficient (Wildman–Crippen LogP) is 4.22. The Kier molecular flexibility index (Phi) is 6.02. The van der Waals surface area contributed by atoms with Crippen LogP contribution in [0, 0.1) is 5.41 Å². The first-order chi connectivity index (χ1) is 13.3. The van der Waals surface area contributed by atoms with Crippen LogP contribution in [0.25, 0.3) is 0 Å². The van der Waals surface area contributed by atoms with Crippen LogP contribution in [0.3, 0.4) is 0 Å². The van der Waals surface area contributed by atoms with Crippen molar-refractivity contribution in [1.29, 1.82) is 0 Å². The summed E-state index contributed by atoms with van der Waals surface area (Å²) in [6, 6.07) is 16.4. The van der Waals surface area contributed by atoms with Crippen LogP contribution in [0.4, 0.5) is 11.4 Å². The second-order valence-electron chi connectivity index (χ2n) is 8.43. The van der Waals surface area contributed by atoms with Gasteiger partial charge in [-0.15, -0.1) is 0 Å². The molecular weight excluding hydrogens is 350 g/mol. The largest absolute Gasteiger partial charge is 0.361 e. The number of anilines is 2. The zero-order chi connectivity index (χ0) is 20.1. The highest BCUT2D eigenvalue weighted by atomic mass is 16.2. The molecule has 3 rings (SSSR count). The maximum Gasteiger partial charge on any atom is 0.309 e. The molecule has 0 spiro atoms. The Morgan fingerprint density at radius 3 is 2.04 bits per heavy atom. The molecule has 1 aliphatic carbocycles. The summed E-state index contributed by atoms with van der Waals surface area (Å²) in [4.78, 5) is 21.9. The average molecular weight is 380 g/mol. The van der Waals surface area contributed by atoms with Gasteiger partial charge in [0.2, 0.25) is 0 Å². The second-order valence-corrected chi connectivity index (χ2v) is 8.43. The second kappa shape index (κ2) is 8.46. The monoisotopic (exact) mass is 379 g/mol. The van der Waals surface area contributed by atoms with Gasteiger partial charge in [0.1, 0.15) is 0 Å². The lowest BCUT2D eigenvalue weighted by Crippen LogP contribution is -2.35. The first-order valence-corrected chi connectivity index (χ1v) is 9.86. The number of primary amides is 1. The minimum absolute atomic E-state index is 0.273. The van der Waals surface area contributed by atoms with Gasteiger partial charge in [-0.3, -0.25) is 9.59 Å². The van der Waals surface area contributed by atoms with Gasteiger partial charge in [-0.25, -0.2) is 0 Å². The van der Waals surface area contributed by atoms with Crippen LogP contribution in [-0.2, 0) is 16.1 Å². The van der Waals surface area contributed by atoms with Crippen molar-refractivity contribution in [3.63, 3.8) is 0 Å². The molecule has 5 nitrogen and oxygen atoms in total. The summed E-state index contributed by atoms with van der Waals surface area (Å²) in [6.07, 6.45) is 5.13. The van der Waals surface area contributed by atoms with Gasteiger partial charge in [0.25, 0.3) is 0 Å². The van der Waals surface area contributed by atoms with E-state index >= 15 is 0 Å². The first kappa shape index (κ1) is 19.9. The van der Waals surface area contributed by atoms with Crippen LogP contribution in [0.5, 0.6) is 0 Å². The smallest absolute Gasteiger partial charge is 0.309 e. The van der Waals surface area contributed by atoms with Gasteiger partial charge in [0.15, 0.2) is 0 Å². The fourth-order valence-corrected chi connectivity index (χ4v) is 3.71. The molecule has 1 fully saturated rings. The molecule has 0 aromatic heterocycles. The Hall–Kier alpha value is -2.82. The van der Waals surface area contributed by atoms with E-state index in [9.17, 15) is 9.59 Å². The highest BCUT2D eigenvalue weighted by Crippen LogP contribution is 2.42. The van der Waals surface area contributed by atoms with Crippen molar-refractivity contribution >= 4 is 23.2 Å². The quantitative estimate of drug-likeness (QED) is 0.680. The van der Waals surface area contributed by atoms with Crippen molar-refractivity contribution in [1.82, 2.24) is 5.32 Å². The average Bonchev–Trinajstić information content (AvgIpc) is 2.68. The number of benzene rings is 2. The molecule has 2 amide bonds. The molecule has 148 valence electrons. The van der Waals surface area contributed by atoms with Crippen molar-refractivity contribution in [2.75, 3.05) is 5.32 Å². The van der Waals surface area contributed by atoms with Crippen LogP contribution >= 0.6 is 0 Å². The van der Waals surface area contributed by atoms with Gasteiger partial charge in [-0.2, -0.15) is 0 Å². The summed E-state index contributed by atoms with van der Waals surface area (Å²) >= 11 is 0. The molecule has 0 saturated heterocycles. The lowest BCUT2D eigenvalue weighted by atomic mass is 9.71. The lowest BCUT2D eigenvalue weighted by molar-refractivity contribution is -0.137. The summed E-state index contributed by atoms with van der Waals surface area (Å²) in [5, 5.41) is 5.87. The van der Waals surface area contributed by atoms with Crippen molar-refractivity contribution < 1.29 is 9.59 Å². The minimum atomic E-state index is -0.973. The molecule has 0 heterocycles. The Morgan fingerprint density at radius 1 is 0.964 bits per heavy atom. The molecule has 28 heavy (non-hydrogen) atoms.